The predicted molar refractivity (Wildman–Crippen MR) is 122 cm³/mol. The van der Waals surface area contributed by atoms with Gasteiger partial charge >= 0.3 is 0 Å². The lowest BCUT2D eigenvalue weighted by molar-refractivity contribution is 0.249. The summed E-state index contributed by atoms with van der Waals surface area (Å²) in [7, 11) is 5.95. The molecule has 6 heteroatoms. The number of hydrogen-bond acceptors (Lipinski definition) is 5. The van der Waals surface area contributed by atoms with Crippen LogP contribution in [0.5, 0.6) is 5.75 Å². The van der Waals surface area contributed by atoms with Gasteiger partial charge in [-0.25, -0.2) is 4.98 Å². The third-order valence-corrected chi connectivity index (χ3v) is 6.18. The molecular formula is C24H30N4O2. The quantitative estimate of drug-likeness (QED) is 0.664. The van der Waals surface area contributed by atoms with Crippen LogP contribution in [-0.4, -0.2) is 54.6 Å². The third kappa shape index (κ3) is 3.79. The zero-order valence-electron chi connectivity index (χ0n) is 18.5. The number of benzene rings is 1. The van der Waals surface area contributed by atoms with E-state index in [0.717, 1.165) is 54.1 Å². The number of anilines is 1. The molecule has 0 atom stereocenters. The summed E-state index contributed by atoms with van der Waals surface area (Å²) in [4.78, 5) is 22.5. The summed E-state index contributed by atoms with van der Waals surface area (Å²) < 4.78 is 7.03. The first-order valence-corrected chi connectivity index (χ1v) is 10.5. The molecule has 0 saturated carbocycles. The number of fused-ring (bicyclic) bond motifs is 1. The number of nitrogens with zero attached hydrogens (tertiary/aromatic N) is 4. The Kier molecular flexibility index (Phi) is 5.52. The van der Waals surface area contributed by atoms with Crippen molar-refractivity contribution in [3.05, 3.63) is 58.0 Å². The molecule has 1 aromatic carbocycles. The van der Waals surface area contributed by atoms with E-state index in [4.69, 9.17) is 9.72 Å². The summed E-state index contributed by atoms with van der Waals surface area (Å²) in [5.41, 5.74) is 5.37. The van der Waals surface area contributed by atoms with Crippen molar-refractivity contribution in [2.75, 3.05) is 39.2 Å². The highest BCUT2D eigenvalue weighted by molar-refractivity contribution is 5.66. The Morgan fingerprint density at radius 1 is 1.07 bits per heavy atom. The highest BCUT2D eigenvalue weighted by Gasteiger charge is 2.21. The van der Waals surface area contributed by atoms with E-state index in [2.05, 4.69) is 30.0 Å². The van der Waals surface area contributed by atoms with Crippen LogP contribution < -0.4 is 15.2 Å². The van der Waals surface area contributed by atoms with Gasteiger partial charge in [-0.3, -0.25) is 9.20 Å². The molecule has 0 radical (unpaired) electrons. The Hall–Kier alpha value is -2.86. The van der Waals surface area contributed by atoms with Crippen LogP contribution in [0.2, 0.25) is 0 Å². The van der Waals surface area contributed by atoms with E-state index < -0.39 is 0 Å². The fourth-order valence-electron chi connectivity index (χ4n) is 4.35. The fourth-order valence-corrected chi connectivity index (χ4v) is 4.35. The molecule has 2 aromatic heterocycles. The molecular weight excluding hydrogens is 376 g/mol. The van der Waals surface area contributed by atoms with Crippen LogP contribution in [0.4, 0.5) is 5.69 Å². The normalized spacial score (nSPS) is 15.2. The molecule has 1 saturated heterocycles. The lowest BCUT2D eigenvalue weighted by atomic mass is 10.0. The van der Waals surface area contributed by atoms with Crippen molar-refractivity contribution in [2.24, 2.45) is 0 Å². The maximum atomic E-state index is 13.0. The van der Waals surface area contributed by atoms with Crippen LogP contribution in [0.3, 0.4) is 0 Å². The van der Waals surface area contributed by atoms with E-state index in [1.807, 2.05) is 38.2 Å². The van der Waals surface area contributed by atoms with Gasteiger partial charge in [-0.1, -0.05) is 0 Å². The average molecular weight is 407 g/mol. The van der Waals surface area contributed by atoms with Crippen LogP contribution >= 0.6 is 0 Å². The molecule has 1 aliphatic rings. The van der Waals surface area contributed by atoms with Crippen molar-refractivity contribution in [1.82, 2.24) is 14.3 Å². The number of piperidine rings is 1. The smallest absolute Gasteiger partial charge is 0.258 e. The molecule has 3 heterocycles. The molecule has 1 aliphatic heterocycles. The number of rotatable bonds is 4. The highest BCUT2D eigenvalue weighted by atomic mass is 16.5. The lowest BCUT2D eigenvalue weighted by Crippen LogP contribution is -2.42. The third-order valence-electron chi connectivity index (χ3n) is 6.18. The maximum absolute atomic E-state index is 13.0. The largest absolute Gasteiger partial charge is 0.496 e. The van der Waals surface area contributed by atoms with E-state index >= 15 is 0 Å². The summed E-state index contributed by atoms with van der Waals surface area (Å²) in [5, 5.41) is 0. The SMILES string of the molecule is COc1ccc(-c2cc(=O)n3cc(N4CCC(N(C)C)CC4)cc(C)c3n2)cc1C. The van der Waals surface area contributed by atoms with Gasteiger partial charge < -0.3 is 14.5 Å². The second kappa shape index (κ2) is 8.11. The first-order chi connectivity index (χ1) is 14.4. The second-order valence-corrected chi connectivity index (χ2v) is 8.42. The van der Waals surface area contributed by atoms with Crippen LogP contribution in [0, 0.1) is 13.8 Å². The molecule has 158 valence electrons. The molecule has 4 rings (SSSR count). The zero-order valence-corrected chi connectivity index (χ0v) is 18.5. The minimum absolute atomic E-state index is 0.0587. The average Bonchev–Trinajstić information content (AvgIpc) is 2.74. The van der Waals surface area contributed by atoms with E-state index in [0.29, 0.717) is 17.4 Å². The molecule has 0 N–H and O–H groups in total. The standard InChI is InChI=1S/C24H30N4O2/c1-16-12-18(6-7-22(16)30-5)21-14-23(29)28-15-20(13-17(2)24(28)25-21)27-10-8-19(9-11-27)26(3)4/h6-7,12-15,19H,8-11H2,1-5H3. The molecule has 0 aliphatic carbocycles. The van der Waals surface area contributed by atoms with E-state index in [1.54, 1.807) is 17.6 Å². The van der Waals surface area contributed by atoms with Crippen molar-refractivity contribution in [3.8, 4) is 17.0 Å². The van der Waals surface area contributed by atoms with Crippen LogP contribution in [0.25, 0.3) is 16.9 Å². The van der Waals surface area contributed by atoms with Gasteiger partial charge in [-0.15, -0.1) is 0 Å². The van der Waals surface area contributed by atoms with Gasteiger partial charge in [0, 0.05) is 37.0 Å². The van der Waals surface area contributed by atoms with Crippen LogP contribution in [0.1, 0.15) is 24.0 Å². The summed E-state index contributed by atoms with van der Waals surface area (Å²) >= 11 is 0. The van der Waals surface area contributed by atoms with E-state index in [9.17, 15) is 4.79 Å². The number of aromatic nitrogens is 2. The van der Waals surface area contributed by atoms with Crippen molar-refractivity contribution < 1.29 is 4.74 Å². The molecule has 30 heavy (non-hydrogen) atoms. The van der Waals surface area contributed by atoms with Crippen molar-refractivity contribution >= 4 is 11.3 Å². The molecule has 6 nitrogen and oxygen atoms in total. The molecule has 1 fully saturated rings. The first-order valence-electron chi connectivity index (χ1n) is 10.5. The minimum atomic E-state index is -0.0587. The minimum Gasteiger partial charge on any atom is -0.496 e. The Balaban J connectivity index is 1.70. The number of pyridine rings is 1. The topological polar surface area (TPSA) is 50.1 Å². The fraction of sp³-hybridized carbons (Fsp3) is 0.417. The Morgan fingerprint density at radius 3 is 2.43 bits per heavy atom. The maximum Gasteiger partial charge on any atom is 0.258 e. The van der Waals surface area contributed by atoms with Gasteiger partial charge in [0.1, 0.15) is 11.4 Å². The van der Waals surface area contributed by atoms with Gasteiger partial charge in [0.05, 0.1) is 18.5 Å². The van der Waals surface area contributed by atoms with Gasteiger partial charge in [0.25, 0.3) is 5.56 Å². The van der Waals surface area contributed by atoms with Crippen molar-refractivity contribution in [2.45, 2.75) is 32.7 Å². The van der Waals surface area contributed by atoms with Crippen molar-refractivity contribution in [3.63, 3.8) is 0 Å². The Labute approximate surface area is 177 Å². The van der Waals surface area contributed by atoms with Crippen LogP contribution in [-0.2, 0) is 0 Å². The summed E-state index contributed by atoms with van der Waals surface area (Å²) in [6.45, 7) is 6.02. The number of ether oxygens (including phenoxy) is 1. The molecule has 0 unspecified atom stereocenters. The lowest BCUT2D eigenvalue weighted by Gasteiger charge is -2.36. The zero-order chi connectivity index (χ0) is 21.4. The van der Waals surface area contributed by atoms with Crippen LogP contribution in [0.15, 0.2) is 41.3 Å². The molecule has 0 spiro atoms. The van der Waals surface area contributed by atoms with Gasteiger partial charge in [0.2, 0.25) is 0 Å². The Bertz CT molecular complexity index is 1130. The summed E-state index contributed by atoms with van der Waals surface area (Å²) in [6.07, 6.45) is 4.21. The first kappa shape index (κ1) is 20.4. The van der Waals surface area contributed by atoms with E-state index in [-0.39, 0.29) is 5.56 Å². The second-order valence-electron chi connectivity index (χ2n) is 8.42. The summed E-state index contributed by atoms with van der Waals surface area (Å²) in [5.74, 6) is 0.829. The number of aryl methyl sites for hydroxylation is 2. The summed E-state index contributed by atoms with van der Waals surface area (Å²) in [6, 6.07) is 10.3. The van der Waals surface area contributed by atoms with Gasteiger partial charge in [-0.2, -0.15) is 0 Å². The van der Waals surface area contributed by atoms with Crippen molar-refractivity contribution in [1.29, 1.82) is 0 Å². The Morgan fingerprint density at radius 2 is 1.80 bits per heavy atom. The van der Waals surface area contributed by atoms with Gasteiger partial charge in [-0.05, 0) is 76.2 Å². The molecule has 0 bridgehead atoms. The van der Waals surface area contributed by atoms with E-state index in [1.165, 1.54) is 0 Å². The molecule has 0 amide bonds. The molecule has 3 aromatic rings. The predicted octanol–water partition coefficient (Wildman–Crippen LogP) is 3.52. The monoisotopic (exact) mass is 406 g/mol. The van der Waals surface area contributed by atoms with Gasteiger partial charge in [0.15, 0.2) is 0 Å². The number of hydrogen-bond donors (Lipinski definition) is 0. The highest BCUT2D eigenvalue weighted by Crippen LogP contribution is 2.27. The number of methoxy groups -OCH3 is 1.